The number of carbonyl (C=O) groups is 2. The van der Waals surface area contributed by atoms with Crippen molar-refractivity contribution in [2.45, 2.75) is 58.1 Å². The second kappa shape index (κ2) is 10.5. The maximum atomic E-state index is 13.1. The third-order valence-corrected chi connectivity index (χ3v) is 7.33. The number of aliphatic hydroxyl groups is 1. The zero-order valence-electron chi connectivity index (χ0n) is 19.2. The van der Waals surface area contributed by atoms with Gasteiger partial charge in [0.15, 0.2) is 0 Å². The number of nitrogens with zero attached hydrogens (tertiary/aromatic N) is 1. The minimum Gasteiger partial charge on any atom is -0.507 e. The van der Waals surface area contributed by atoms with E-state index >= 15 is 0 Å². The van der Waals surface area contributed by atoms with E-state index < -0.39 is 17.7 Å². The number of benzene rings is 1. The normalized spacial score (nSPS) is 22.3. The van der Waals surface area contributed by atoms with E-state index in [2.05, 4.69) is 6.92 Å². The first kappa shape index (κ1) is 23.5. The number of aryl methyl sites for hydroxylation is 1. The van der Waals surface area contributed by atoms with Crippen LogP contribution < -0.4 is 4.74 Å². The third kappa shape index (κ3) is 4.99. The molecular weight excluding hydrogens is 438 g/mol. The van der Waals surface area contributed by atoms with Crippen molar-refractivity contribution in [3.63, 3.8) is 0 Å². The molecule has 6 nitrogen and oxygen atoms in total. The average Bonchev–Trinajstić information content (AvgIpc) is 3.54. The molecule has 2 saturated heterocycles. The Bertz CT molecular complexity index is 1020. The lowest BCUT2D eigenvalue weighted by molar-refractivity contribution is -0.140. The van der Waals surface area contributed by atoms with Crippen LogP contribution in [0.15, 0.2) is 41.3 Å². The van der Waals surface area contributed by atoms with Crippen LogP contribution >= 0.6 is 11.3 Å². The van der Waals surface area contributed by atoms with Crippen molar-refractivity contribution in [2.24, 2.45) is 0 Å². The Morgan fingerprint density at radius 2 is 2.00 bits per heavy atom. The first-order valence-electron chi connectivity index (χ1n) is 11.7. The number of carbonyl (C=O) groups excluding carboxylic acids is 2. The molecule has 33 heavy (non-hydrogen) atoms. The molecule has 2 aromatic rings. The lowest BCUT2D eigenvalue weighted by Crippen LogP contribution is -2.36. The zero-order chi connectivity index (χ0) is 23.4. The number of rotatable bonds is 9. The maximum Gasteiger partial charge on any atom is 0.295 e. The fourth-order valence-corrected chi connectivity index (χ4v) is 5.47. The highest BCUT2D eigenvalue weighted by Crippen LogP contribution is 2.43. The van der Waals surface area contributed by atoms with Crippen LogP contribution in [0.2, 0.25) is 0 Å². The number of amides is 1. The van der Waals surface area contributed by atoms with E-state index in [0.29, 0.717) is 31.1 Å². The molecule has 2 atom stereocenters. The molecule has 0 aliphatic carbocycles. The van der Waals surface area contributed by atoms with Crippen molar-refractivity contribution in [1.82, 2.24) is 4.90 Å². The minimum absolute atomic E-state index is 0.0878. The number of ether oxygens (including phenoxy) is 2. The summed E-state index contributed by atoms with van der Waals surface area (Å²) in [7, 11) is 0. The number of Topliss-reactive ketones (excluding diaryl/α,β-unsaturated/α-hetero) is 1. The summed E-state index contributed by atoms with van der Waals surface area (Å²) in [5, 5.41) is 13.1. The van der Waals surface area contributed by atoms with Gasteiger partial charge in [0, 0.05) is 23.6 Å². The zero-order valence-corrected chi connectivity index (χ0v) is 20.0. The number of aliphatic hydroxyl groups excluding tert-OH is 1. The average molecular weight is 470 g/mol. The highest BCUT2D eigenvalue weighted by molar-refractivity contribution is 7.10. The van der Waals surface area contributed by atoms with Crippen LogP contribution in [0.3, 0.4) is 0 Å². The highest BCUT2D eigenvalue weighted by Gasteiger charge is 2.47. The summed E-state index contributed by atoms with van der Waals surface area (Å²) in [5.74, 6) is -0.672. The van der Waals surface area contributed by atoms with E-state index in [4.69, 9.17) is 9.47 Å². The molecule has 2 aliphatic heterocycles. The number of likely N-dealkylation sites (tertiary alicyclic amines) is 1. The van der Waals surface area contributed by atoms with Crippen LogP contribution in [0.25, 0.3) is 5.76 Å². The fraction of sp³-hybridized carbons (Fsp3) is 0.462. The van der Waals surface area contributed by atoms with E-state index in [1.807, 2.05) is 18.4 Å². The van der Waals surface area contributed by atoms with Gasteiger partial charge in [0.1, 0.15) is 11.5 Å². The molecule has 176 valence electrons. The molecule has 0 spiro atoms. The molecule has 0 saturated carbocycles. The predicted octanol–water partition coefficient (Wildman–Crippen LogP) is 5.23. The summed E-state index contributed by atoms with van der Waals surface area (Å²) in [6, 6.07) is 8.40. The molecule has 1 aromatic carbocycles. The molecule has 7 heteroatoms. The van der Waals surface area contributed by atoms with Crippen molar-refractivity contribution in [3.8, 4) is 5.75 Å². The lowest BCUT2D eigenvalue weighted by Gasteiger charge is -2.27. The summed E-state index contributed by atoms with van der Waals surface area (Å²) in [6.45, 7) is 5.76. The molecule has 2 aliphatic rings. The van der Waals surface area contributed by atoms with Gasteiger partial charge < -0.3 is 19.5 Å². The van der Waals surface area contributed by atoms with E-state index in [9.17, 15) is 14.7 Å². The van der Waals surface area contributed by atoms with Gasteiger partial charge in [-0.05, 0) is 67.5 Å². The largest absolute Gasteiger partial charge is 0.507 e. The monoisotopic (exact) mass is 469 g/mol. The molecule has 1 amide bonds. The third-order valence-electron chi connectivity index (χ3n) is 6.26. The Morgan fingerprint density at radius 1 is 1.21 bits per heavy atom. The number of hydrogen-bond donors (Lipinski definition) is 1. The fourth-order valence-electron chi connectivity index (χ4n) is 4.42. The van der Waals surface area contributed by atoms with Crippen molar-refractivity contribution in [1.29, 1.82) is 0 Å². The predicted molar refractivity (Wildman–Crippen MR) is 129 cm³/mol. The number of ketones is 1. The molecule has 1 aromatic heterocycles. The molecule has 0 bridgehead atoms. The van der Waals surface area contributed by atoms with E-state index in [0.717, 1.165) is 42.5 Å². The summed E-state index contributed by atoms with van der Waals surface area (Å²) < 4.78 is 11.5. The van der Waals surface area contributed by atoms with Crippen LogP contribution in [0.1, 0.15) is 61.1 Å². The summed E-state index contributed by atoms with van der Waals surface area (Å²) in [5.41, 5.74) is 1.62. The van der Waals surface area contributed by atoms with E-state index in [-0.39, 0.29) is 17.4 Å². The van der Waals surface area contributed by atoms with E-state index in [1.165, 1.54) is 11.3 Å². The summed E-state index contributed by atoms with van der Waals surface area (Å²) in [4.78, 5) is 28.6. The van der Waals surface area contributed by atoms with Gasteiger partial charge in [-0.2, -0.15) is 0 Å². The van der Waals surface area contributed by atoms with Gasteiger partial charge in [-0.25, -0.2) is 0 Å². The Labute approximate surface area is 198 Å². The highest BCUT2D eigenvalue weighted by atomic mass is 32.1. The Kier molecular flexibility index (Phi) is 7.50. The Morgan fingerprint density at radius 3 is 2.64 bits per heavy atom. The molecule has 3 heterocycles. The summed E-state index contributed by atoms with van der Waals surface area (Å²) in [6.07, 6.45) is 4.96. The molecular formula is C26H31NO5S. The topological polar surface area (TPSA) is 76.1 Å². The molecule has 2 fully saturated rings. The van der Waals surface area contributed by atoms with Gasteiger partial charge in [-0.15, -0.1) is 11.3 Å². The molecule has 1 N–H and O–H groups in total. The second-order valence-corrected chi connectivity index (χ2v) is 9.58. The number of unbranched alkanes of at least 4 members (excludes halogenated alkanes) is 2. The van der Waals surface area contributed by atoms with Crippen molar-refractivity contribution in [3.05, 3.63) is 57.3 Å². The first-order valence-corrected chi connectivity index (χ1v) is 12.6. The van der Waals surface area contributed by atoms with Gasteiger partial charge in [0.25, 0.3) is 11.7 Å². The number of hydrogen-bond acceptors (Lipinski definition) is 6. The van der Waals surface area contributed by atoms with Gasteiger partial charge in [-0.1, -0.05) is 19.8 Å². The Balaban J connectivity index is 1.65. The van der Waals surface area contributed by atoms with Gasteiger partial charge >= 0.3 is 0 Å². The second-order valence-electron chi connectivity index (χ2n) is 8.63. The lowest BCUT2D eigenvalue weighted by atomic mass is 9.98. The van der Waals surface area contributed by atoms with E-state index in [1.54, 1.807) is 29.2 Å². The van der Waals surface area contributed by atoms with Crippen molar-refractivity contribution >= 4 is 28.8 Å². The van der Waals surface area contributed by atoms with Crippen molar-refractivity contribution < 1.29 is 24.2 Å². The van der Waals surface area contributed by atoms with Gasteiger partial charge in [-0.3, -0.25) is 9.59 Å². The molecule has 2 unspecified atom stereocenters. The van der Waals surface area contributed by atoms with Crippen LogP contribution in [0, 0.1) is 6.92 Å². The van der Waals surface area contributed by atoms with Crippen LogP contribution in [-0.4, -0.2) is 47.6 Å². The van der Waals surface area contributed by atoms with Crippen LogP contribution in [0.4, 0.5) is 0 Å². The quantitative estimate of drug-likeness (QED) is 0.236. The van der Waals surface area contributed by atoms with Crippen LogP contribution in [-0.2, 0) is 14.3 Å². The van der Waals surface area contributed by atoms with Crippen molar-refractivity contribution in [2.75, 3.05) is 19.8 Å². The van der Waals surface area contributed by atoms with Gasteiger partial charge in [0.2, 0.25) is 0 Å². The standard InChI is InChI=1S/C26H31NO5S/c1-3-4-5-13-31-19-10-8-18(9-11-19)23(28)21-22(25-17(2)12-15-33-25)27(26(30)24(21)29)16-20-7-6-14-32-20/h8-12,15,20,22,28H,3-7,13-14,16H2,1-2H3/b23-21-. The number of thiophene rings is 1. The minimum atomic E-state index is -0.650. The Hall–Kier alpha value is -2.64. The summed E-state index contributed by atoms with van der Waals surface area (Å²) >= 11 is 1.49. The molecule has 0 radical (unpaired) electrons. The first-order chi connectivity index (χ1) is 16.0. The smallest absolute Gasteiger partial charge is 0.295 e. The van der Waals surface area contributed by atoms with Crippen LogP contribution in [0.5, 0.6) is 5.75 Å². The SMILES string of the molecule is CCCCCOc1ccc(/C(O)=C2/C(=O)C(=O)N(CC3CCCO3)C2c2sccc2C)cc1. The van der Waals surface area contributed by atoms with Gasteiger partial charge in [0.05, 0.1) is 24.3 Å². The maximum absolute atomic E-state index is 13.1. The molecule has 4 rings (SSSR count).